The summed E-state index contributed by atoms with van der Waals surface area (Å²) >= 11 is 0. The van der Waals surface area contributed by atoms with E-state index in [1.165, 1.54) is 24.3 Å². The lowest BCUT2D eigenvalue weighted by atomic mass is 10.2. The first-order chi connectivity index (χ1) is 9.44. The van der Waals surface area contributed by atoms with Gasteiger partial charge in [0.25, 0.3) is 10.0 Å². The third-order valence-electron chi connectivity index (χ3n) is 2.67. The van der Waals surface area contributed by atoms with E-state index in [2.05, 4.69) is 4.72 Å². The molecule has 0 radical (unpaired) electrons. The van der Waals surface area contributed by atoms with Gasteiger partial charge in [0.1, 0.15) is 16.8 Å². The number of para-hydroxylation sites is 1. The van der Waals surface area contributed by atoms with Crippen molar-refractivity contribution in [3.8, 4) is 6.07 Å². The minimum Gasteiger partial charge on any atom is -0.278 e. The molecule has 2 rings (SSSR count). The number of nitrogens with one attached hydrogen (secondary N) is 1. The van der Waals surface area contributed by atoms with Gasteiger partial charge >= 0.3 is 0 Å². The Morgan fingerprint density at radius 2 is 1.90 bits per heavy atom. The highest BCUT2D eigenvalue weighted by molar-refractivity contribution is 7.92. The predicted octanol–water partition coefficient (Wildman–Crippen LogP) is 2.81. The summed E-state index contributed by atoms with van der Waals surface area (Å²) in [6.45, 7) is 1.67. The Morgan fingerprint density at radius 3 is 2.60 bits per heavy atom. The third-order valence-corrected chi connectivity index (χ3v) is 4.05. The first kappa shape index (κ1) is 14.0. The summed E-state index contributed by atoms with van der Waals surface area (Å²) < 4.78 is 40.3. The summed E-state index contributed by atoms with van der Waals surface area (Å²) in [7, 11) is -4.08. The molecule has 6 heteroatoms. The van der Waals surface area contributed by atoms with Crippen LogP contribution in [0.15, 0.2) is 47.4 Å². The molecule has 0 amide bonds. The molecule has 2 aromatic carbocycles. The highest BCUT2D eigenvalue weighted by atomic mass is 32.2. The van der Waals surface area contributed by atoms with Crippen molar-refractivity contribution in [2.45, 2.75) is 11.8 Å². The number of benzene rings is 2. The molecular formula is C14H11FN2O2S. The Balaban J connectivity index is 2.47. The Morgan fingerprint density at radius 1 is 1.20 bits per heavy atom. The van der Waals surface area contributed by atoms with Gasteiger partial charge in [-0.05, 0) is 36.8 Å². The zero-order valence-corrected chi connectivity index (χ0v) is 11.4. The molecular weight excluding hydrogens is 279 g/mol. The number of rotatable bonds is 3. The number of hydrogen-bond donors (Lipinski definition) is 1. The monoisotopic (exact) mass is 290 g/mol. The lowest BCUT2D eigenvalue weighted by Crippen LogP contribution is -2.15. The van der Waals surface area contributed by atoms with Crippen LogP contribution in [0.5, 0.6) is 0 Å². The number of hydrogen-bond acceptors (Lipinski definition) is 3. The maximum absolute atomic E-state index is 13.7. The quantitative estimate of drug-likeness (QED) is 0.945. The van der Waals surface area contributed by atoms with Gasteiger partial charge in [0.15, 0.2) is 0 Å². The van der Waals surface area contributed by atoms with Gasteiger partial charge in [0.05, 0.1) is 11.3 Å². The van der Waals surface area contributed by atoms with E-state index >= 15 is 0 Å². The van der Waals surface area contributed by atoms with Gasteiger partial charge in [0.2, 0.25) is 0 Å². The molecule has 102 valence electrons. The number of sulfonamides is 1. The van der Waals surface area contributed by atoms with E-state index in [1.807, 2.05) is 6.07 Å². The second-order valence-corrected chi connectivity index (χ2v) is 5.85. The summed E-state index contributed by atoms with van der Waals surface area (Å²) in [6.07, 6.45) is 0. The topological polar surface area (TPSA) is 70.0 Å². The third kappa shape index (κ3) is 2.78. The van der Waals surface area contributed by atoms with Crippen LogP contribution in [0.25, 0.3) is 0 Å². The van der Waals surface area contributed by atoms with Crippen molar-refractivity contribution in [1.82, 2.24) is 0 Å². The van der Waals surface area contributed by atoms with Crippen LogP contribution in [0, 0.1) is 24.1 Å². The Hall–Kier alpha value is -2.39. The SMILES string of the molecule is Cc1ccc(F)c(S(=O)(=O)Nc2ccccc2C#N)c1. The highest BCUT2D eigenvalue weighted by Crippen LogP contribution is 2.22. The number of aryl methyl sites for hydroxylation is 1. The molecule has 1 N–H and O–H groups in total. The average Bonchev–Trinajstić information content (AvgIpc) is 2.41. The normalized spacial score (nSPS) is 10.8. The highest BCUT2D eigenvalue weighted by Gasteiger charge is 2.20. The fourth-order valence-corrected chi connectivity index (χ4v) is 2.93. The lowest BCUT2D eigenvalue weighted by molar-refractivity contribution is 0.570. The van der Waals surface area contributed by atoms with E-state index in [0.717, 1.165) is 6.07 Å². The van der Waals surface area contributed by atoms with Crippen molar-refractivity contribution in [1.29, 1.82) is 5.26 Å². The van der Waals surface area contributed by atoms with Crippen LogP contribution in [0.3, 0.4) is 0 Å². The molecule has 0 heterocycles. The van der Waals surface area contributed by atoms with Crippen molar-refractivity contribution in [2.75, 3.05) is 4.72 Å². The Kier molecular flexibility index (Phi) is 3.72. The molecule has 0 aromatic heterocycles. The van der Waals surface area contributed by atoms with Gasteiger partial charge in [0, 0.05) is 0 Å². The molecule has 0 saturated heterocycles. The lowest BCUT2D eigenvalue weighted by Gasteiger charge is -2.10. The molecule has 0 spiro atoms. The zero-order valence-electron chi connectivity index (χ0n) is 10.6. The largest absolute Gasteiger partial charge is 0.278 e. The molecule has 0 fully saturated rings. The molecule has 0 aliphatic rings. The fourth-order valence-electron chi connectivity index (χ4n) is 1.69. The first-order valence-electron chi connectivity index (χ1n) is 5.72. The standard InChI is InChI=1S/C14H11FN2O2S/c1-10-6-7-12(15)14(8-10)20(18,19)17-13-5-3-2-4-11(13)9-16/h2-8,17H,1H3. The molecule has 4 nitrogen and oxygen atoms in total. The number of halogens is 1. The van der Waals surface area contributed by atoms with Crippen molar-refractivity contribution < 1.29 is 12.8 Å². The molecule has 0 unspecified atom stereocenters. The van der Waals surface area contributed by atoms with Gasteiger partial charge in [-0.25, -0.2) is 12.8 Å². The van der Waals surface area contributed by atoms with Gasteiger partial charge in [-0.2, -0.15) is 5.26 Å². The minimum atomic E-state index is -4.08. The summed E-state index contributed by atoms with van der Waals surface area (Å²) in [6, 6.07) is 11.8. The van der Waals surface area contributed by atoms with E-state index < -0.39 is 20.7 Å². The smallest absolute Gasteiger partial charge is 0.264 e. The maximum Gasteiger partial charge on any atom is 0.264 e. The van der Waals surface area contributed by atoms with Crippen molar-refractivity contribution >= 4 is 15.7 Å². The molecule has 2 aromatic rings. The predicted molar refractivity (Wildman–Crippen MR) is 73.1 cm³/mol. The second-order valence-electron chi connectivity index (χ2n) is 4.20. The van der Waals surface area contributed by atoms with Gasteiger partial charge in [-0.3, -0.25) is 4.72 Å². The number of nitrogens with zero attached hydrogens (tertiary/aromatic N) is 1. The van der Waals surface area contributed by atoms with Crippen LogP contribution in [0.2, 0.25) is 0 Å². The summed E-state index contributed by atoms with van der Waals surface area (Å²) in [5.74, 6) is -0.836. The first-order valence-corrected chi connectivity index (χ1v) is 7.20. The van der Waals surface area contributed by atoms with E-state index in [0.29, 0.717) is 5.56 Å². The summed E-state index contributed by atoms with van der Waals surface area (Å²) in [5, 5.41) is 8.93. The summed E-state index contributed by atoms with van der Waals surface area (Å²) in [5.41, 5.74) is 0.917. The maximum atomic E-state index is 13.7. The van der Waals surface area contributed by atoms with Gasteiger partial charge < -0.3 is 0 Å². The fraction of sp³-hybridized carbons (Fsp3) is 0.0714. The van der Waals surface area contributed by atoms with E-state index in [9.17, 15) is 12.8 Å². The van der Waals surface area contributed by atoms with E-state index in [1.54, 1.807) is 19.1 Å². The minimum absolute atomic E-state index is 0.121. The van der Waals surface area contributed by atoms with E-state index in [-0.39, 0.29) is 11.3 Å². The molecule has 0 aliphatic heterocycles. The van der Waals surface area contributed by atoms with Crippen molar-refractivity contribution in [3.63, 3.8) is 0 Å². The number of anilines is 1. The van der Waals surface area contributed by atoms with Crippen LogP contribution in [0.4, 0.5) is 10.1 Å². The molecule has 0 atom stereocenters. The van der Waals surface area contributed by atoms with Crippen LogP contribution in [-0.4, -0.2) is 8.42 Å². The second kappa shape index (κ2) is 5.31. The Labute approximate surface area is 116 Å². The number of nitriles is 1. The van der Waals surface area contributed by atoms with Crippen LogP contribution >= 0.6 is 0 Å². The Bertz CT molecular complexity index is 795. The van der Waals surface area contributed by atoms with E-state index in [4.69, 9.17) is 5.26 Å². The van der Waals surface area contributed by atoms with Gasteiger partial charge in [-0.15, -0.1) is 0 Å². The molecule has 0 aliphatic carbocycles. The summed E-state index contributed by atoms with van der Waals surface area (Å²) in [4.78, 5) is -0.440. The average molecular weight is 290 g/mol. The molecule has 0 bridgehead atoms. The van der Waals surface area contributed by atoms with Crippen molar-refractivity contribution in [3.05, 3.63) is 59.4 Å². The van der Waals surface area contributed by atoms with Crippen LogP contribution in [-0.2, 0) is 10.0 Å². The zero-order chi connectivity index (χ0) is 14.8. The van der Waals surface area contributed by atoms with Crippen LogP contribution in [0.1, 0.15) is 11.1 Å². The van der Waals surface area contributed by atoms with Gasteiger partial charge in [-0.1, -0.05) is 18.2 Å². The van der Waals surface area contributed by atoms with Crippen LogP contribution < -0.4 is 4.72 Å². The molecule has 0 saturated carbocycles. The molecule has 20 heavy (non-hydrogen) atoms. The van der Waals surface area contributed by atoms with Crippen molar-refractivity contribution in [2.24, 2.45) is 0 Å².